The molecule has 0 aromatic rings. The molecule has 6 nitrogen and oxygen atoms in total. The molecule has 3 rings (SSSR count). The van der Waals surface area contributed by atoms with Crippen molar-refractivity contribution in [3.05, 3.63) is 35.1 Å². The van der Waals surface area contributed by atoms with Crippen LogP contribution in [-0.4, -0.2) is 69.8 Å². The van der Waals surface area contributed by atoms with Crippen LogP contribution in [0.25, 0.3) is 0 Å². The minimum atomic E-state index is 0.0287. The quantitative estimate of drug-likeness (QED) is 0.625. The SMILES string of the molecule is CC1=CC/C(=C\NCC2CCNCC2)C=C1C(=O)NCCN1CCOCC1. The molecule has 0 radical (unpaired) electrons. The standard InChI is InChI=1S/C21H34N4O2/c1-17-2-3-19(16-23-15-18-4-6-22-7-5-18)14-20(17)21(26)24-8-9-25-10-12-27-13-11-25/h2,14,16,18,22-23H,3-13,15H2,1H3,(H,24,26)/b19-16+. The average Bonchev–Trinajstić information content (AvgIpc) is 2.71. The second-order valence-electron chi connectivity index (χ2n) is 7.68. The monoisotopic (exact) mass is 374 g/mol. The number of morpholine rings is 1. The van der Waals surface area contributed by atoms with Gasteiger partial charge in [0.05, 0.1) is 13.2 Å². The van der Waals surface area contributed by atoms with Gasteiger partial charge < -0.3 is 20.7 Å². The maximum Gasteiger partial charge on any atom is 0.251 e. The smallest absolute Gasteiger partial charge is 0.251 e. The highest BCUT2D eigenvalue weighted by Gasteiger charge is 2.17. The van der Waals surface area contributed by atoms with Crippen LogP contribution in [0.2, 0.25) is 0 Å². The Morgan fingerprint density at radius 3 is 2.89 bits per heavy atom. The van der Waals surface area contributed by atoms with E-state index in [4.69, 9.17) is 4.74 Å². The molecular formula is C21H34N4O2. The lowest BCUT2D eigenvalue weighted by Gasteiger charge is -2.26. The number of ether oxygens (including phenoxy) is 1. The van der Waals surface area contributed by atoms with Crippen LogP contribution in [0, 0.1) is 5.92 Å². The minimum absolute atomic E-state index is 0.0287. The highest BCUT2D eigenvalue weighted by Crippen LogP contribution is 2.22. The number of amides is 1. The maximum atomic E-state index is 12.6. The van der Waals surface area contributed by atoms with Gasteiger partial charge in [-0.25, -0.2) is 0 Å². The summed E-state index contributed by atoms with van der Waals surface area (Å²) in [6.07, 6.45) is 9.63. The summed E-state index contributed by atoms with van der Waals surface area (Å²) < 4.78 is 5.36. The summed E-state index contributed by atoms with van der Waals surface area (Å²) in [5, 5.41) is 9.95. The molecule has 0 aromatic heterocycles. The van der Waals surface area contributed by atoms with Crippen LogP contribution in [0.5, 0.6) is 0 Å². The van der Waals surface area contributed by atoms with Crippen molar-refractivity contribution in [2.75, 3.05) is 59.0 Å². The largest absolute Gasteiger partial charge is 0.390 e. The van der Waals surface area contributed by atoms with Gasteiger partial charge in [0.2, 0.25) is 0 Å². The molecule has 3 N–H and O–H groups in total. The van der Waals surface area contributed by atoms with E-state index in [0.29, 0.717) is 6.54 Å². The van der Waals surface area contributed by atoms with Crippen LogP contribution in [0.3, 0.4) is 0 Å². The molecule has 2 aliphatic heterocycles. The Labute approximate surface area is 163 Å². The fraction of sp³-hybridized carbons (Fsp3) is 0.667. The molecule has 3 aliphatic rings. The molecular weight excluding hydrogens is 340 g/mol. The molecule has 0 atom stereocenters. The molecule has 1 aliphatic carbocycles. The summed E-state index contributed by atoms with van der Waals surface area (Å²) in [5.74, 6) is 0.775. The minimum Gasteiger partial charge on any atom is -0.390 e. The zero-order chi connectivity index (χ0) is 18.9. The first-order valence-electron chi connectivity index (χ1n) is 10.3. The maximum absolute atomic E-state index is 12.6. The zero-order valence-corrected chi connectivity index (χ0v) is 16.6. The summed E-state index contributed by atoms with van der Waals surface area (Å²) in [5.41, 5.74) is 3.03. The van der Waals surface area contributed by atoms with Crippen molar-refractivity contribution >= 4 is 5.91 Å². The molecule has 2 fully saturated rings. The van der Waals surface area contributed by atoms with Gasteiger partial charge in [0.15, 0.2) is 0 Å². The van der Waals surface area contributed by atoms with Crippen molar-refractivity contribution in [2.45, 2.75) is 26.2 Å². The molecule has 6 heteroatoms. The Kier molecular flexibility index (Phi) is 7.93. The van der Waals surface area contributed by atoms with Gasteiger partial charge in [0.25, 0.3) is 5.91 Å². The van der Waals surface area contributed by atoms with Crippen LogP contribution < -0.4 is 16.0 Å². The predicted octanol–water partition coefficient (Wildman–Crippen LogP) is 1.18. The van der Waals surface area contributed by atoms with Crippen molar-refractivity contribution in [3.8, 4) is 0 Å². The molecule has 150 valence electrons. The van der Waals surface area contributed by atoms with E-state index >= 15 is 0 Å². The van der Waals surface area contributed by atoms with E-state index in [0.717, 1.165) is 76.0 Å². The molecule has 0 aromatic carbocycles. The first-order valence-corrected chi connectivity index (χ1v) is 10.3. The van der Waals surface area contributed by atoms with Crippen molar-refractivity contribution in [1.82, 2.24) is 20.9 Å². The van der Waals surface area contributed by atoms with Gasteiger partial charge in [-0.1, -0.05) is 6.08 Å². The lowest BCUT2D eigenvalue weighted by Crippen LogP contribution is -2.41. The third-order valence-corrected chi connectivity index (χ3v) is 5.61. The van der Waals surface area contributed by atoms with Crippen LogP contribution in [0.4, 0.5) is 0 Å². The molecule has 0 bridgehead atoms. The van der Waals surface area contributed by atoms with E-state index in [1.165, 1.54) is 18.4 Å². The number of hydrogen-bond donors (Lipinski definition) is 3. The predicted molar refractivity (Wildman–Crippen MR) is 108 cm³/mol. The molecule has 2 heterocycles. The highest BCUT2D eigenvalue weighted by atomic mass is 16.5. The number of hydrogen-bond acceptors (Lipinski definition) is 5. The van der Waals surface area contributed by atoms with Gasteiger partial charge in [-0.3, -0.25) is 9.69 Å². The molecule has 0 spiro atoms. The van der Waals surface area contributed by atoms with E-state index < -0.39 is 0 Å². The number of carbonyl (C=O) groups is 1. The lowest BCUT2D eigenvalue weighted by atomic mass is 9.95. The zero-order valence-electron chi connectivity index (χ0n) is 16.6. The highest BCUT2D eigenvalue weighted by molar-refractivity contribution is 5.98. The molecule has 27 heavy (non-hydrogen) atoms. The summed E-state index contributed by atoms with van der Waals surface area (Å²) in [6.45, 7) is 10.3. The number of carbonyl (C=O) groups excluding carboxylic acids is 1. The first kappa shape index (κ1) is 20.1. The Hall–Kier alpha value is -1.63. The van der Waals surface area contributed by atoms with E-state index in [1.54, 1.807) is 0 Å². The average molecular weight is 375 g/mol. The molecule has 0 saturated carbocycles. The van der Waals surface area contributed by atoms with Gasteiger partial charge in [0.1, 0.15) is 0 Å². The van der Waals surface area contributed by atoms with Gasteiger partial charge in [-0.2, -0.15) is 0 Å². The van der Waals surface area contributed by atoms with Gasteiger partial charge in [-0.05, 0) is 62.4 Å². The summed E-state index contributed by atoms with van der Waals surface area (Å²) in [4.78, 5) is 14.9. The molecule has 0 unspecified atom stereocenters. The van der Waals surface area contributed by atoms with E-state index in [-0.39, 0.29) is 5.91 Å². The van der Waals surface area contributed by atoms with Crippen LogP contribution in [0.15, 0.2) is 35.1 Å². The summed E-state index contributed by atoms with van der Waals surface area (Å²) in [6, 6.07) is 0. The van der Waals surface area contributed by atoms with Crippen LogP contribution in [0.1, 0.15) is 26.2 Å². The molecule has 2 saturated heterocycles. The number of piperidine rings is 1. The van der Waals surface area contributed by atoms with Crippen LogP contribution >= 0.6 is 0 Å². The Morgan fingerprint density at radius 2 is 2.11 bits per heavy atom. The van der Waals surface area contributed by atoms with Crippen molar-refractivity contribution in [3.63, 3.8) is 0 Å². The molecule has 1 amide bonds. The summed E-state index contributed by atoms with van der Waals surface area (Å²) in [7, 11) is 0. The number of nitrogens with one attached hydrogen (secondary N) is 3. The van der Waals surface area contributed by atoms with Crippen LogP contribution in [-0.2, 0) is 9.53 Å². The Balaban J connectivity index is 1.45. The lowest BCUT2D eigenvalue weighted by molar-refractivity contribution is -0.117. The van der Waals surface area contributed by atoms with Gasteiger partial charge >= 0.3 is 0 Å². The topological polar surface area (TPSA) is 65.6 Å². The van der Waals surface area contributed by atoms with Crippen molar-refractivity contribution in [1.29, 1.82) is 0 Å². The van der Waals surface area contributed by atoms with Gasteiger partial charge in [-0.15, -0.1) is 0 Å². The van der Waals surface area contributed by atoms with E-state index in [1.807, 2.05) is 13.0 Å². The number of rotatable bonds is 7. The normalized spacial score (nSPS) is 23.7. The Bertz CT molecular complexity index is 585. The number of allylic oxidation sites excluding steroid dienone is 3. The third kappa shape index (κ3) is 6.48. The van der Waals surface area contributed by atoms with Gasteiger partial charge in [0, 0.05) is 44.5 Å². The fourth-order valence-corrected chi connectivity index (χ4v) is 3.77. The van der Waals surface area contributed by atoms with Crippen molar-refractivity contribution in [2.24, 2.45) is 5.92 Å². The van der Waals surface area contributed by atoms with E-state index in [2.05, 4.69) is 33.1 Å². The number of nitrogens with zero attached hydrogens (tertiary/aromatic N) is 1. The summed E-state index contributed by atoms with van der Waals surface area (Å²) >= 11 is 0. The van der Waals surface area contributed by atoms with Crippen molar-refractivity contribution < 1.29 is 9.53 Å². The second kappa shape index (κ2) is 10.6. The first-order chi connectivity index (χ1) is 13.2. The second-order valence-corrected chi connectivity index (χ2v) is 7.68. The third-order valence-electron chi connectivity index (χ3n) is 5.61. The Morgan fingerprint density at radius 1 is 1.33 bits per heavy atom. The van der Waals surface area contributed by atoms with E-state index in [9.17, 15) is 4.79 Å². The fourth-order valence-electron chi connectivity index (χ4n) is 3.77.